The normalized spacial score (nSPS) is 11.6. The standard InChI is InChI=1S/C18H16ClN3O4S/c1-11(2)27(24,25)13-9-7-12(8-10-13)17-21-22-18(26-17)20-16(23)14-5-3-4-6-15(14)19/h3-11H,1-2H3,(H,20,22,23). The zero-order valence-corrected chi connectivity index (χ0v) is 16.1. The first-order valence-electron chi connectivity index (χ1n) is 8.03. The largest absolute Gasteiger partial charge is 0.403 e. The first-order chi connectivity index (χ1) is 12.8. The van der Waals surface area contributed by atoms with Crippen molar-refractivity contribution in [1.29, 1.82) is 0 Å². The van der Waals surface area contributed by atoms with Gasteiger partial charge in [-0.2, -0.15) is 0 Å². The third-order valence-electron chi connectivity index (χ3n) is 3.81. The highest BCUT2D eigenvalue weighted by molar-refractivity contribution is 7.92. The number of sulfone groups is 1. The number of carbonyl (C=O) groups is 1. The van der Waals surface area contributed by atoms with Crippen molar-refractivity contribution in [3.8, 4) is 11.5 Å². The van der Waals surface area contributed by atoms with Gasteiger partial charge in [-0.15, -0.1) is 5.10 Å². The van der Waals surface area contributed by atoms with Gasteiger partial charge in [0.1, 0.15) is 0 Å². The number of hydrogen-bond acceptors (Lipinski definition) is 6. The highest BCUT2D eigenvalue weighted by Gasteiger charge is 2.20. The van der Waals surface area contributed by atoms with Crippen LogP contribution < -0.4 is 5.32 Å². The van der Waals surface area contributed by atoms with E-state index in [-0.39, 0.29) is 22.4 Å². The Kier molecular flexibility index (Phi) is 5.29. The van der Waals surface area contributed by atoms with Crippen molar-refractivity contribution in [3.05, 3.63) is 59.1 Å². The summed E-state index contributed by atoms with van der Waals surface area (Å²) < 4.78 is 29.7. The summed E-state index contributed by atoms with van der Waals surface area (Å²) >= 11 is 5.98. The zero-order chi connectivity index (χ0) is 19.6. The smallest absolute Gasteiger partial charge is 0.322 e. The van der Waals surface area contributed by atoms with Gasteiger partial charge in [0.25, 0.3) is 5.91 Å². The maximum Gasteiger partial charge on any atom is 0.322 e. The predicted octanol–water partition coefficient (Wildman–Crippen LogP) is 3.82. The summed E-state index contributed by atoms with van der Waals surface area (Å²) in [6, 6.07) is 12.6. The molecule has 0 saturated carbocycles. The molecular weight excluding hydrogens is 390 g/mol. The van der Waals surface area contributed by atoms with Gasteiger partial charge in [0, 0.05) is 5.56 Å². The summed E-state index contributed by atoms with van der Waals surface area (Å²) in [5.74, 6) is -0.327. The fraction of sp³-hybridized carbons (Fsp3) is 0.167. The second-order valence-corrected chi connectivity index (χ2v) is 8.88. The Morgan fingerprint density at radius 3 is 2.37 bits per heavy atom. The molecule has 7 nitrogen and oxygen atoms in total. The molecule has 9 heteroatoms. The van der Waals surface area contributed by atoms with E-state index in [0.717, 1.165) is 0 Å². The molecular formula is C18H16ClN3O4S. The van der Waals surface area contributed by atoms with Gasteiger partial charge < -0.3 is 4.42 Å². The molecule has 1 amide bonds. The minimum absolute atomic E-state index is 0.0891. The van der Waals surface area contributed by atoms with Crippen molar-refractivity contribution in [1.82, 2.24) is 10.2 Å². The van der Waals surface area contributed by atoms with Crippen molar-refractivity contribution in [2.45, 2.75) is 24.0 Å². The minimum Gasteiger partial charge on any atom is -0.403 e. The molecule has 1 heterocycles. The lowest BCUT2D eigenvalue weighted by Gasteiger charge is -2.07. The Hall–Kier alpha value is -2.71. The summed E-state index contributed by atoms with van der Waals surface area (Å²) in [6.07, 6.45) is 0. The monoisotopic (exact) mass is 405 g/mol. The van der Waals surface area contributed by atoms with Gasteiger partial charge in [-0.25, -0.2) is 8.42 Å². The predicted molar refractivity (Wildman–Crippen MR) is 101 cm³/mol. The van der Waals surface area contributed by atoms with Crippen LogP contribution in [0.25, 0.3) is 11.5 Å². The Balaban J connectivity index is 1.78. The molecule has 0 fully saturated rings. The van der Waals surface area contributed by atoms with Crippen LogP contribution in [0.5, 0.6) is 0 Å². The van der Waals surface area contributed by atoms with Crippen molar-refractivity contribution in [3.63, 3.8) is 0 Å². The number of amides is 1. The Morgan fingerprint density at radius 2 is 1.74 bits per heavy atom. The zero-order valence-electron chi connectivity index (χ0n) is 14.5. The van der Waals surface area contributed by atoms with E-state index < -0.39 is 21.0 Å². The molecule has 1 aromatic heterocycles. The molecule has 1 N–H and O–H groups in total. The maximum atomic E-state index is 12.2. The molecule has 0 spiro atoms. The van der Waals surface area contributed by atoms with Gasteiger partial charge in [0.2, 0.25) is 5.89 Å². The molecule has 140 valence electrons. The lowest BCUT2D eigenvalue weighted by atomic mass is 10.2. The van der Waals surface area contributed by atoms with Crippen molar-refractivity contribution >= 4 is 33.4 Å². The second kappa shape index (κ2) is 7.50. The van der Waals surface area contributed by atoms with Crippen LogP contribution in [-0.2, 0) is 9.84 Å². The quantitative estimate of drug-likeness (QED) is 0.692. The molecule has 0 atom stereocenters. The number of halogens is 1. The molecule has 3 aromatic rings. The Labute approximate surface area is 161 Å². The van der Waals surface area contributed by atoms with E-state index in [4.69, 9.17) is 16.0 Å². The van der Waals surface area contributed by atoms with Crippen LogP contribution >= 0.6 is 11.6 Å². The van der Waals surface area contributed by atoms with E-state index in [0.29, 0.717) is 10.6 Å². The van der Waals surface area contributed by atoms with E-state index in [1.54, 1.807) is 50.2 Å². The van der Waals surface area contributed by atoms with E-state index in [1.165, 1.54) is 12.1 Å². The fourth-order valence-electron chi connectivity index (χ4n) is 2.26. The summed E-state index contributed by atoms with van der Waals surface area (Å²) in [4.78, 5) is 12.4. The Morgan fingerprint density at radius 1 is 1.07 bits per heavy atom. The Bertz CT molecular complexity index is 1080. The van der Waals surface area contributed by atoms with Crippen molar-refractivity contribution in [2.24, 2.45) is 0 Å². The highest BCUT2D eigenvalue weighted by Crippen LogP contribution is 2.24. The molecule has 3 rings (SSSR count). The van der Waals surface area contributed by atoms with Crippen LogP contribution in [0.15, 0.2) is 57.8 Å². The first kappa shape index (κ1) is 19.1. The number of carbonyl (C=O) groups excluding carboxylic acids is 1. The molecule has 2 aromatic carbocycles. The molecule has 0 aliphatic heterocycles. The molecule has 0 aliphatic carbocycles. The molecule has 0 saturated heterocycles. The number of benzene rings is 2. The molecule has 0 aliphatic rings. The van der Waals surface area contributed by atoms with Crippen LogP contribution in [0.1, 0.15) is 24.2 Å². The lowest BCUT2D eigenvalue weighted by molar-refractivity contribution is 0.102. The molecule has 27 heavy (non-hydrogen) atoms. The average Bonchev–Trinajstić information content (AvgIpc) is 3.10. The summed E-state index contributed by atoms with van der Waals surface area (Å²) in [5, 5.41) is 9.91. The van der Waals surface area contributed by atoms with Crippen LogP contribution in [0.2, 0.25) is 5.02 Å². The van der Waals surface area contributed by atoms with E-state index in [2.05, 4.69) is 15.5 Å². The SMILES string of the molecule is CC(C)S(=O)(=O)c1ccc(-c2nnc(NC(=O)c3ccccc3Cl)o2)cc1. The molecule has 0 radical (unpaired) electrons. The van der Waals surface area contributed by atoms with Crippen LogP contribution in [0, 0.1) is 0 Å². The minimum atomic E-state index is -3.36. The number of rotatable bonds is 5. The third-order valence-corrected chi connectivity index (χ3v) is 6.31. The van der Waals surface area contributed by atoms with Gasteiger partial charge in [-0.05, 0) is 50.2 Å². The van der Waals surface area contributed by atoms with Gasteiger partial charge in [0.15, 0.2) is 9.84 Å². The highest BCUT2D eigenvalue weighted by atomic mass is 35.5. The van der Waals surface area contributed by atoms with Crippen LogP contribution in [-0.4, -0.2) is 29.8 Å². The second-order valence-electron chi connectivity index (χ2n) is 5.96. The van der Waals surface area contributed by atoms with E-state index in [1.807, 2.05) is 0 Å². The topological polar surface area (TPSA) is 102 Å². The third kappa shape index (κ3) is 4.01. The lowest BCUT2D eigenvalue weighted by Crippen LogP contribution is -2.13. The summed E-state index contributed by atoms with van der Waals surface area (Å²) in [6.45, 7) is 3.24. The maximum absolute atomic E-state index is 12.2. The van der Waals surface area contributed by atoms with Crippen LogP contribution in [0.4, 0.5) is 6.01 Å². The van der Waals surface area contributed by atoms with Gasteiger partial charge >= 0.3 is 6.01 Å². The van der Waals surface area contributed by atoms with E-state index in [9.17, 15) is 13.2 Å². The van der Waals surface area contributed by atoms with Gasteiger partial charge in [-0.3, -0.25) is 10.1 Å². The van der Waals surface area contributed by atoms with Crippen LogP contribution in [0.3, 0.4) is 0 Å². The number of nitrogens with zero attached hydrogens (tertiary/aromatic N) is 2. The summed E-state index contributed by atoms with van der Waals surface area (Å²) in [7, 11) is -3.36. The van der Waals surface area contributed by atoms with Gasteiger partial charge in [0.05, 0.1) is 20.7 Å². The fourth-order valence-corrected chi connectivity index (χ4v) is 3.54. The first-order valence-corrected chi connectivity index (χ1v) is 9.95. The van der Waals surface area contributed by atoms with Crippen molar-refractivity contribution < 1.29 is 17.6 Å². The average molecular weight is 406 g/mol. The van der Waals surface area contributed by atoms with Crippen molar-refractivity contribution in [2.75, 3.05) is 5.32 Å². The number of anilines is 1. The number of hydrogen-bond donors (Lipinski definition) is 1. The molecule has 0 bridgehead atoms. The number of nitrogens with one attached hydrogen (secondary N) is 1. The molecule has 0 unspecified atom stereocenters. The van der Waals surface area contributed by atoms with E-state index >= 15 is 0 Å². The summed E-state index contributed by atoms with van der Waals surface area (Å²) in [5.41, 5.74) is 0.811. The van der Waals surface area contributed by atoms with Gasteiger partial charge in [-0.1, -0.05) is 28.8 Å². The number of aromatic nitrogens is 2.